The van der Waals surface area contributed by atoms with Gasteiger partial charge in [-0.05, 0) is 31.2 Å². The smallest absolute Gasteiger partial charge is 0.322 e. The van der Waals surface area contributed by atoms with Gasteiger partial charge in [0, 0.05) is 16.3 Å². The predicted octanol–water partition coefficient (Wildman–Crippen LogP) is 5.31. The van der Waals surface area contributed by atoms with Crippen molar-refractivity contribution in [2.75, 3.05) is 5.32 Å². The summed E-state index contributed by atoms with van der Waals surface area (Å²) in [4.78, 5) is 12.7. The highest BCUT2D eigenvalue weighted by molar-refractivity contribution is 6.33. The second kappa shape index (κ2) is 6.84. The molecule has 0 bridgehead atoms. The zero-order valence-electron chi connectivity index (χ0n) is 13.5. The summed E-state index contributed by atoms with van der Waals surface area (Å²) in [5.74, 6) is -0.578. The van der Waals surface area contributed by atoms with Gasteiger partial charge in [-0.3, -0.25) is 9.89 Å². The van der Waals surface area contributed by atoms with Crippen LogP contribution in [0.5, 0.6) is 0 Å². The number of benzene rings is 2. The minimum Gasteiger partial charge on any atom is -0.322 e. The van der Waals surface area contributed by atoms with Crippen LogP contribution < -0.4 is 5.32 Å². The number of alkyl halides is 3. The Morgan fingerprint density at radius 1 is 1.15 bits per heavy atom. The third-order valence-corrected chi connectivity index (χ3v) is 4.09. The SMILES string of the molecule is Cc1n[nH]c(-c2ccccc2Cl)c1C(=O)Nc1cccc(C(F)(F)F)c1. The summed E-state index contributed by atoms with van der Waals surface area (Å²) in [6.45, 7) is 1.62. The summed E-state index contributed by atoms with van der Waals surface area (Å²) in [5, 5.41) is 9.69. The van der Waals surface area contributed by atoms with Crippen LogP contribution in [0.25, 0.3) is 11.3 Å². The molecule has 4 nitrogen and oxygen atoms in total. The molecule has 0 aliphatic carbocycles. The first kappa shape index (κ1) is 18.0. The lowest BCUT2D eigenvalue weighted by atomic mass is 10.1. The van der Waals surface area contributed by atoms with E-state index in [4.69, 9.17) is 11.6 Å². The van der Waals surface area contributed by atoms with Gasteiger partial charge in [0.25, 0.3) is 5.91 Å². The van der Waals surface area contributed by atoms with E-state index in [-0.39, 0.29) is 11.3 Å². The Balaban J connectivity index is 1.95. The number of halogens is 4. The number of nitrogens with one attached hydrogen (secondary N) is 2. The number of hydrogen-bond donors (Lipinski definition) is 2. The molecule has 0 atom stereocenters. The standard InChI is InChI=1S/C18H13ClF3N3O/c1-10-15(16(25-24-10)13-7-2-3-8-14(13)19)17(26)23-12-6-4-5-11(9-12)18(20,21)22/h2-9H,1H3,(H,23,26)(H,24,25). The second-order valence-electron chi connectivity index (χ2n) is 5.57. The van der Waals surface area contributed by atoms with Crippen molar-refractivity contribution in [1.29, 1.82) is 0 Å². The van der Waals surface area contributed by atoms with Crippen LogP contribution in [0.3, 0.4) is 0 Å². The molecule has 2 aromatic carbocycles. The number of aromatic nitrogens is 2. The van der Waals surface area contributed by atoms with Crippen LogP contribution in [0, 0.1) is 6.92 Å². The van der Waals surface area contributed by atoms with E-state index in [0.29, 0.717) is 22.0 Å². The van der Waals surface area contributed by atoms with Gasteiger partial charge in [-0.25, -0.2) is 0 Å². The number of rotatable bonds is 3. The monoisotopic (exact) mass is 379 g/mol. The van der Waals surface area contributed by atoms with Crippen LogP contribution in [0.4, 0.5) is 18.9 Å². The molecule has 1 amide bonds. The van der Waals surface area contributed by atoms with Crippen molar-refractivity contribution in [2.45, 2.75) is 13.1 Å². The fraction of sp³-hybridized carbons (Fsp3) is 0.111. The quantitative estimate of drug-likeness (QED) is 0.648. The molecule has 1 heterocycles. The minimum atomic E-state index is -4.49. The fourth-order valence-corrected chi connectivity index (χ4v) is 2.77. The maximum absolute atomic E-state index is 12.8. The van der Waals surface area contributed by atoms with Gasteiger partial charge in [-0.2, -0.15) is 18.3 Å². The molecular weight excluding hydrogens is 367 g/mol. The lowest BCUT2D eigenvalue weighted by Crippen LogP contribution is -2.14. The molecule has 134 valence electrons. The summed E-state index contributed by atoms with van der Waals surface area (Å²) >= 11 is 6.17. The highest BCUT2D eigenvalue weighted by atomic mass is 35.5. The molecule has 0 aliphatic rings. The summed E-state index contributed by atoms with van der Waals surface area (Å²) in [6.07, 6.45) is -4.49. The Kier molecular flexibility index (Phi) is 4.73. The minimum absolute atomic E-state index is 0.0375. The Morgan fingerprint density at radius 3 is 2.58 bits per heavy atom. The van der Waals surface area contributed by atoms with Crippen LogP contribution in [0.1, 0.15) is 21.6 Å². The number of carbonyl (C=O) groups excluding carboxylic acids is 1. The Labute approximate surface area is 152 Å². The van der Waals surface area contributed by atoms with E-state index in [1.54, 1.807) is 31.2 Å². The van der Waals surface area contributed by atoms with Gasteiger partial charge in [-0.1, -0.05) is 35.9 Å². The number of aryl methyl sites for hydroxylation is 1. The van der Waals surface area contributed by atoms with Crippen LogP contribution in [0.15, 0.2) is 48.5 Å². The highest BCUT2D eigenvalue weighted by Crippen LogP contribution is 2.32. The van der Waals surface area contributed by atoms with Gasteiger partial charge in [0.05, 0.1) is 22.5 Å². The molecule has 26 heavy (non-hydrogen) atoms. The normalized spacial score (nSPS) is 11.4. The Bertz CT molecular complexity index is 966. The molecule has 8 heteroatoms. The fourth-order valence-electron chi connectivity index (χ4n) is 2.54. The molecule has 0 radical (unpaired) electrons. The molecule has 0 spiro atoms. The molecule has 0 aliphatic heterocycles. The van der Waals surface area contributed by atoms with Gasteiger partial charge in [0.15, 0.2) is 0 Å². The number of aromatic amines is 1. The molecule has 3 aromatic rings. The van der Waals surface area contributed by atoms with E-state index in [1.807, 2.05) is 0 Å². The topological polar surface area (TPSA) is 57.8 Å². The predicted molar refractivity (Wildman–Crippen MR) is 93.2 cm³/mol. The molecule has 2 N–H and O–H groups in total. The maximum atomic E-state index is 12.8. The number of carbonyl (C=O) groups is 1. The van der Waals surface area contributed by atoms with Crippen molar-refractivity contribution in [3.05, 3.63) is 70.4 Å². The van der Waals surface area contributed by atoms with E-state index < -0.39 is 17.6 Å². The van der Waals surface area contributed by atoms with E-state index in [1.165, 1.54) is 12.1 Å². The summed E-state index contributed by atoms with van der Waals surface area (Å²) in [6, 6.07) is 11.3. The third kappa shape index (κ3) is 3.57. The van der Waals surface area contributed by atoms with E-state index in [9.17, 15) is 18.0 Å². The number of nitrogens with zero attached hydrogens (tertiary/aromatic N) is 1. The average molecular weight is 380 g/mol. The summed E-state index contributed by atoms with van der Waals surface area (Å²) < 4.78 is 38.5. The first-order valence-corrected chi connectivity index (χ1v) is 7.93. The molecular formula is C18H13ClF3N3O. The maximum Gasteiger partial charge on any atom is 0.416 e. The molecule has 0 unspecified atom stereocenters. The van der Waals surface area contributed by atoms with E-state index >= 15 is 0 Å². The molecule has 3 rings (SSSR count). The van der Waals surface area contributed by atoms with Gasteiger partial charge in [-0.15, -0.1) is 0 Å². The second-order valence-corrected chi connectivity index (χ2v) is 5.98. The third-order valence-electron chi connectivity index (χ3n) is 3.77. The number of anilines is 1. The van der Waals surface area contributed by atoms with Crippen molar-refractivity contribution < 1.29 is 18.0 Å². The van der Waals surface area contributed by atoms with Crippen molar-refractivity contribution in [3.8, 4) is 11.3 Å². The van der Waals surface area contributed by atoms with Crippen molar-refractivity contribution in [1.82, 2.24) is 10.2 Å². The molecule has 0 fully saturated rings. The molecule has 1 aromatic heterocycles. The lowest BCUT2D eigenvalue weighted by molar-refractivity contribution is -0.137. The lowest BCUT2D eigenvalue weighted by Gasteiger charge is -2.11. The average Bonchev–Trinajstić information content (AvgIpc) is 2.96. The van der Waals surface area contributed by atoms with Crippen LogP contribution in [-0.2, 0) is 6.18 Å². The van der Waals surface area contributed by atoms with Gasteiger partial charge < -0.3 is 5.32 Å². The highest BCUT2D eigenvalue weighted by Gasteiger charge is 2.30. The van der Waals surface area contributed by atoms with Crippen LogP contribution in [0.2, 0.25) is 5.02 Å². The van der Waals surface area contributed by atoms with Crippen molar-refractivity contribution in [2.24, 2.45) is 0 Å². The van der Waals surface area contributed by atoms with E-state index in [2.05, 4.69) is 15.5 Å². The summed E-state index contributed by atoms with van der Waals surface area (Å²) in [7, 11) is 0. The van der Waals surface area contributed by atoms with Crippen molar-refractivity contribution >= 4 is 23.2 Å². The Hall–Kier alpha value is -2.80. The largest absolute Gasteiger partial charge is 0.416 e. The van der Waals surface area contributed by atoms with E-state index in [0.717, 1.165) is 12.1 Å². The van der Waals surface area contributed by atoms with Gasteiger partial charge in [0.1, 0.15) is 0 Å². The molecule has 0 saturated carbocycles. The first-order valence-electron chi connectivity index (χ1n) is 7.56. The van der Waals surface area contributed by atoms with Crippen LogP contribution in [-0.4, -0.2) is 16.1 Å². The van der Waals surface area contributed by atoms with Gasteiger partial charge >= 0.3 is 6.18 Å². The number of H-pyrrole nitrogens is 1. The Morgan fingerprint density at radius 2 is 1.88 bits per heavy atom. The number of amides is 1. The van der Waals surface area contributed by atoms with Crippen molar-refractivity contribution in [3.63, 3.8) is 0 Å². The van der Waals surface area contributed by atoms with Crippen LogP contribution >= 0.6 is 11.6 Å². The first-order chi connectivity index (χ1) is 12.3. The van der Waals surface area contributed by atoms with Gasteiger partial charge in [0.2, 0.25) is 0 Å². The number of hydrogen-bond acceptors (Lipinski definition) is 2. The zero-order chi connectivity index (χ0) is 18.9. The zero-order valence-corrected chi connectivity index (χ0v) is 14.2. The molecule has 0 saturated heterocycles. The summed E-state index contributed by atoms with van der Waals surface area (Å²) in [5.41, 5.74) is 0.794.